The molecule has 0 bridgehead atoms. The molecule has 1 fully saturated rings. The summed E-state index contributed by atoms with van der Waals surface area (Å²) in [5.41, 5.74) is 1.85. The lowest BCUT2D eigenvalue weighted by atomic mass is 10.1. The lowest BCUT2D eigenvalue weighted by Crippen LogP contribution is -2.13. The molecule has 0 radical (unpaired) electrons. The van der Waals surface area contributed by atoms with E-state index < -0.39 is 0 Å². The fourth-order valence-corrected chi connectivity index (χ4v) is 2.56. The van der Waals surface area contributed by atoms with E-state index in [4.69, 9.17) is 27.9 Å². The Morgan fingerprint density at radius 2 is 1.88 bits per heavy atom. The monoisotopic (exact) mass is 380 g/mol. The molecule has 1 N–H and O–H groups in total. The average molecular weight is 381 g/mol. The first-order chi connectivity index (χ1) is 12.0. The minimum absolute atomic E-state index is 0.295. The van der Waals surface area contributed by atoms with Crippen LogP contribution >= 0.6 is 23.2 Å². The van der Waals surface area contributed by atoms with Gasteiger partial charge >= 0.3 is 0 Å². The molecule has 0 unspecified atom stereocenters. The van der Waals surface area contributed by atoms with Crippen molar-refractivity contribution >= 4 is 34.8 Å². The molecule has 0 aliphatic heterocycles. The van der Waals surface area contributed by atoms with Gasteiger partial charge in [0.2, 0.25) is 0 Å². The minimum atomic E-state index is -0.295. The number of carbonyl (C=O) groups is 1. The van der Waals surface area contributed by atoms with Crippen molar-refractivity contribution in [1.82, 2.24) is 4.98 Å². The van der Waals surface area contributed by atoms with Crippen LogP contribution < -0.4 is 10.1 Å². The summed E-state index contributed by atoms with van der Waals surface area (Å²) in [6, 6.07) is 5.36. The molecule has 0 spiro atoms. The SMILES string of the molecule is CC.Cc1ccc(C(=O)Nc2c(Cl)cncc2Cl)cc1OCC1CC1. The molecule has 1 aromatic carbocycles. The Hall–Kier alpha value is -1.78. The second-order valence-corrected chi connectivity index (χ2v) is 6.48. The molecular weight excluding hydrogens is 359 g/mol. The average Bonchev–Trinajstić information content (AvgIpc) is 3.43. The zero-order chi connectivity index (χ0) is 18.4. The van der Waals surface area contributed by atoms with Crippen LogP contribution in [0.3, 0.4) is 0 Å². The number of nitrogens with one attached hydrogen (secondary N) is 1. The maximum absolute atomic E-state index is 12.4. The second kappa shape index (κ2) is 9.07. The number of halogens is 2. The number of hydrogen-bond donors (Lipinski definition) is 1. The molecule has 1 saturated carbocycles. The number of ether oxygens (including phenoxy) is 1. The Balaban J connectivity index is 0.00000109. The summed E-state index contributed by atoms with van der Waals surface area (Å²) >= 11 is 12.0. The highest BCUT2D eigenvalue weighted by molar-refractivity contribution is 6.39. The van der Waals surface area contributed by atoms with Gasteiger partial charge in [-0.05, 0) is 43.4 Å². The summed E-state index contributed by atoms with van der Waals surface area (Å²) in [6.45, 7) is 6.66. The van der Waals surface area contributed by atoms with Gasteiger partial charge in [0.05, 0.1) is 22.3 Å². The predicted molar refractivity (Wildman–Crippen MR) is 103 cm³/mol. The maximum atomic E-state index is 12.4. The highest BCUT2D eigenvalue weighted by Gasteiger charge is 2.22. The van der Waals surface area contributed by atoms with Crippen molar-refractivity contribution in [1.29, 1.82) is 0 Å². The summed E-state index contributed by atoms with van der Waals surface area (Å²) in [4.78, 5) is 16.3. The largest absolute Gasteiger partial charge is 0.493 e. The second-order valence-electron chi connectivity index (χ2n) is 5.67. The van der Waals surface area contributed by atoms with Crippen LogP contribution in [0.5, 0.6) is 5.75 Å². The quantitative estimate of drug-likeness (QED) is 0.716. The van der Waals surface area contributed by atoms with E-state index in [1.165, 1.54) is 25.2 Å². The fraction of sp³-hybridized carbons (Fsp3) is 0.368. The van der Waals surface area contributed by atoms with Gasteiger partial charge in [-0.3, -0.25) is 9.78 Å². The predicted octanol–water partition coefficient (Wildman–Crippen LogP) is 5.76. The standard InChI is InChI=1S/C17H16Cl2N2O2.C2H6/c1-10-2-5-12(6-15(10)23-9-11-3-4-11)17(22)21-16-13(18)7-20-8-14(16)19;1-2/h2,5-8,11H,3-4,9H2,1H3,(H,20,21,22);1-2H3. The first kappa shape index (κ1) is 19.5. The Kier molecular flexibility index (Phi) is 7.09. The maximum Gasteiger partial charge on any atom is 0.255 e. The summed E-state index contributed by atoms with van der Waals surface area (Å²) in [6.07, 6.45) is 5.31. The first-order valence-corrected chi connectivity index (χ1v) is 9.14. The molecule has 1 aliphatic carbocycles. The van der Waals surface area contributed by atoms with Crippen molar-refractivity contribution in [2.24, 2.45) is 5.92 Å². The van der Waals surface area contributed by atoms with Crippen LogP contribution in [0, 0.1) is 12.8 Å². The van der Waals surface area contributed by atoms with Crippen LogP contribution in [0.2, 0.25) is 10.0 Å². The van der Waals surface area contributed by atoms with Gasteiger partial charge in [-0.2, -0.15) is 0 Å². The number of benzene rings is 1. The molecule has 1 aliphatic rings. The van der Waals surface area contributed by atoms with E-state index >= 15 is 0 Å². The van der Waals surface area contributed by atoms with E-state index in [2.05, 4.69) is 10.3 Å². The van der Waals surface area contributed by atoms with Gasteiger partial charge in [0.25, 0.3) is 5.91 Å². The fourth-order valence-electron chi connectivity index (χ4n) is 2.11. The molecule has 2 aromatic rings. The normalized spacial score (nSPS) is 12.8. The van der Waals surface area contributed by atoms with E-state index in [0.29, 0.717) is 33.8 Å². The molecule has 0 saturated heterocycles. The Morgan fingerprint density at radius 1 is 1.24 bits per heavy atom. The molecule has 3 rings (SSSR count). The van der Waals surface area contributed by atoms with Gasteiger partial charge in [0, 0.05) is 18.0 Å². The van der Waals surface area contributed by atoms with Gasteiger partial charge in [0.15, 0.2) is 0 Å². The minimum Gasteiger partial charge on any atom is -0.493 e. The summed E-state index contributed by atoms with van der Waals surface area (Å²) < 4.78 is 5.81. The Morgan fingerprint density at radius 3 is 2.48 bits per heavy atom. The molecular formula is C19H22Cl2N2O2. The van der Waals surface area contributed by atoms with Gasteiger partial charge < -0.3 is 10.1 Å². The van der Waals surface area contributed by atoms with Crippen molar-refractivity contribution in [3.8, 4) is 5.75 Å². The van der Waals surface area contributed by atoms with Crippen LogP contribution in [0.15, 0.2) is 30.6 Å². The number of rotatable bonds is 5. The molecule has 4 nitrogen and oxygen atoms in total. The van der Waals surface area contributed by atoms with Gasteiger partial charge in [-0.25, -0.2) is 0 Å². The van der Waals surface area contributed by atoms with Crippen molar-refractivity contribution in [3.63, 3.8) is 0 Å². The molecule has 1 aromatic heterocycles. The zero-order valence-electron chi connectivity index (χ0n) is 14.6. The number of pyridine rings is 1. The molecule has 0 atom stereocenters. The number of nitrogens with zero attached hydrogens (tertiary/aromatic N) is 1. The highest BCUT2D eigenvalue weighted by atomic mass is 35.5. The van der Waals surface area contributed by atoms with Gasteiger partial charge in [-0.15, -0.1) is 0 Å². The van der Waals surface area contributed by atoms with Crippen molar-refractivity contribution in [2.75, 3.05) is 11.9 Å². The Labute approximate surface area is 158 Å². The van der Waals surface area contributed by atoms with Crippen LogP contribution in [-0.2, 0) is 0 Å². The number of amides is 1. The number of anilines is 1. The van der Waals surface area contributed by atoms with E-state index in [9.17, 15) is 4.79 Å². The van der Waals surface area contributed by atoms with E-state index in [-0.39, 0.29) is 5.91 Å². The zero-order valence-corrected chi connectivity index (χ0v) is 16.1. The number of aromatic nitrogens is 1. The van der Waals surface area contributed by atoms with E-state index in [1.54, 1.807) is 12.1 Å². The third kappa shape index (κ3) is 5.35. The van der Waals surface area contributed by atoms with Crippen molar-refractivity contribution in [3.05, 3.63) is 51.8 Å². The summed E-state index contributed by atoms with van der Waals surface area (Å²) in [5, 5.41) is 3.31. The van der Waals surface area contributed by atoms with Crippen molar-refractivity contribution < 1.29 is 9.53 Å². The van der Waals surface area contributed by atoms with E-state index in [0.717, 1.165) is 11.3 Å². The number of hydrogen-bond acceptors (Lipinski definition) is 3. The molecule has 6 heteroatoms. The molecule has 25 heavy (non-hydrogen) atoms. The smallest absolute Gasteiger partial charge is 0.255 e. The van der Waals surface area contributed by atoms with E-state index in [1.807, 2.05) is 26.8 Å². The molecule has 134 valence electrons. The molecule has 1 heterocycles. The summed E-state index contributed by atoms with van der Waals surface area (Å²) in [5.74, 6) is 1.09. The third-order valence-corrected chi connectivity index (χ3v) is 4.29. The highest BCUT2D eigenvalue weighted by Crippen LogP contribution is 2.31. The van der Waals surface area contributed by atoms with Gasteiger partial charge in [0.1, 0.15) is 5.75 Å². The first-order valence-electron chi connectivity index (χ1n) is 8.38. The topological polar surface area (TPSA) is 51.2 Å². The number of aryl methyl sites for hydroxylation is 1. The lowest BCUT2D eigenvalue weighted by molar-refractivity contribution is 0.102. The Bertz CT molecular complexity index is 726. The van der Waals surface area contributed by atoms with Crippen LogP contribution in [0.4, 0.5) is 5.69 Å². The van der Waals surface area contributed by atoms with Crippen LogP contribution in [0.1, 0.15) is 42.6 Å². The summed E-state index contributed by atoms with van der Waals surface area (Å²) in [7, 11) is 0. The third-order valence-electron chi connectivity index (χ3n) is 3.71. The lowest BCUT2D eigenvalue weighted by Gasteiger charge is -2.12. The molecule has 1 amide bonds. The number of carbonyl (C=O) groups excluding carboxylic acids is 1. The van der Waals surface area contributed by atoms with Crippen molar-refractivity contribution in [2.45, 2.75) is 33.6 Å². The van der Waals surface area contributed by atoms with Crippen LogP contribution in [-0.4, -0.2) is 17.5 Å². The van der Waals surface area contributed by atoms with Crippen LogP contribution in [0.25, 0.3) is 0 Å². The van der Waals surface area contributed by atoms with Gasteiger partial charge in [-0.1, -0.05) is 43.1 Å².